The van der Waals surface area contributed by atoms with Crippen LogP contribution in [-0.2, 0) is 14.3 Å². The summed E-state index contributed by atoms with van der Waals surface area (Å²) in [6.07, 6.45) is -0.587. The number of hydrogen-bond acceptors (Lipinski definition) is 4. The fourth-order valence-corrected chi connectivity index (χ4v) is 1.49. The monoisotopic (exact) mass is 201 g/mol. The molecule has 80 valence electrons. The molecule has 1 aliphatic heterocycles. The molecule has 1 fully saturated rings. The number of methoxy groups -OCH3 is 1. The molecular weight excluding hydrogens is 186 g/mol. The molecule has 0 saturated carbocycles. The summed E-state index contributed by atoms with van der Waals surface area (Å²) in [7, 11) is 1.16. The summed E-state index contributed by atoms with van der Waals surface area (Å²) in [5, 5.41) is 9.58. The van der Waals surface area contributed by atoms with E-state index in [1.54, 1.807) is 0 Å². The van der Waals surface area contributed by atoms with Crippen LogP contribution in [0.3, 0.4) is 0 Å². The lowest BCUT2D eigenvalue weighted by Gasteiger charge is -2.20. The number of aliphatic hydroxyl groups excluding tert-OH is 1. The Morgan fingerprint density at radius 3 is 2.43 bits per heavy atom. The predicted octanol–water partition coefficient (Wildman–Crippen LogP) is -0.611. The van der Waals surface area contributed by atoms with Crippen LogP contribution in [0, 0.1) is 5.41 Å². The number of ether oxygens (including phenoxy) is 1. The van der Waals surface area contributed by atoms with Crippen molar-refractivity contribution in [2.24, 2.45) is 5.41 Å². The standard InChI is InChI=1S/C9H15NO4/c1-9(2)5-10(4-6(9)11)7(12)8(13)14-3/h6,11H,4-5H2,1-3H3. The first-order valence-electron chi connectivity index (χ1n) is 4.44. The van der Waals surface area contributed by atoms with E-state index in [2.05, 4.69) is 4.74 Å². The van der Waals surface area contributed by atoms with Crippen molar-refractivity contribution in [2.45, 2.75) is 20.0 Å². The molecule has 0 aromatic heterocycles. The number of β-amino-alcohol motifs (C(OH)–C–C–N with tert-alkyl or cyclic N) is 1. The molecule has 1 rings (SSSR count). The predicted molar refractivity (Wildman–Crippen MR) is 48.4 cm³/mol. The number of esters is 1. The second kappa shape index (κ2) is 3.57. The van der Waals surface area contributed by atoms with Gasteiger partial charge in [0.25, 0.3) is 0 Å². The van der Waals surface area contributed by atoms with Crippen molar-refractivity contribution >= 4 is 11.9 Å². The summed E-state index contributed by atoms with van der Waals surface area (Å²) >= 11 is 0. The number of hydrogen-bond donors (Lipinski definition) is 1. The normalized spacial score (nSPS) is 24.9. The minimum atomic E-state index is -0.880. The van der Waals surface area contributed by atoms with E-state index < -0.39 is 18.0 Å². The van der Waals surface area contributed by atoms with E-state index in [9.17, 15) is 14.7 Å². The second-order valence-corrected chi connectivity index (χ2v) is 4.18. The largest absolute Gasteiger partial charge is 0.462 e. The highest BCUT2D eigenvalue weighted by Gasteiger charge is 2.41. The van der Waals surface area contributed by atoms with Crippen molar-refractivity contribution in [1.82, 2.24) is 4.90 Å². The summed E-state index contributed by atoms with van der Waals surface area (Å²) in [5.74, 6) is -1.56. The van der Waals surface area contributed by atoms with Gasteiger partial charge < -0.3 is 14.7 Å². The van der Waals surface area contributed by atoms with Gasteiger partial charge in [-0.25, -0.2) is 4.79 Å². The van der Waals surface area contributed by atoms with Gasteiger partial charge in [0.15, 0.2) is 0 Å². The number of aliphatic hydroxyl groups is 1. The van der Waals surface area contributed by atoms with Crippen LogP contribution in [0.25, 0.3) is 0 Å². The lowest BCUT2D eigenvalue weighted by molar-refractivity contribution is -0.157. The van der Waals surface area contributed by atoms with E-state index in [4.69, 9.17) is 0 Å². The molecule has 0 bridgehead atoms. The Labute approximate surface area is 82.6 Å². The van der Waals surface area contributed by atoms with Gasteiger partial charge in [0, 0.05) is 18.5 Å². The molecule has 0 aromatic rings. The maximum absolute atomic E-state index is 11.3. The number of rotatable bonds is 0. The maximum Gasteiger partial charge on any atom is 0.396 e. The first kappa shape index (κ1) is 11.0. The van der Waals surface area contributed by atoms with Crippen molar-refractivity contribution in [3.63, 3.8) is 0 Å². The highest BCUT2D eigenvalue weighted by atomic mass is 16.5. The lowest BCUT2D eigenvalue weighted by Crippen LogP contribution is -2.36. The number of amides is 1. The zero-order valence-corrected chi connectivity index (χ0v) is 8.61. The highest BCUT2D eigenvalue weighted by Crippen LogP contribution is 2.29. The van der Waals surface area contributed by atoms with Crippen LogP contribution in [0.15, 0.2) is 0 Å². The van der Waals surface area contributed by atoms with Crippen molar-refractivity contribution in [1.29, 1.82) is 0 Å². The Bertz CT molecular complexity index is 262. The fraction of sp³-hybridized carbons (Fsp3) is 0.778. The van der Waals surface area contributed by atoms with Gasteiger partial charge >= 0.3 is 11.9 Å². The van der Waals surface area contributed by atoms with Gasteiger partial charge in [-0.1, -0.05) is 13.8 Å². The molecule has 1 aliphatic rings. The smallest absolute Gasteiger partial charge is 0.396 e. The number of carbonyl (C=O) groups excluding carboxylic acids is 2. The van der Waals surface area contributed by atoms with Crippen molar-refractivity contribution in [3.8, 4) is 0 Å². The van der Waals surface area contributed by atoms with Crippen LogP contribution < -0.4 is 0 Å². The van der Waals surface area contributed by atoms with Crippen LogP contribution in [0.5, 0.6) is 0 Å². The van der Waals surface area contributed by atoms with E-state index in [0.717, 1.165) is 7.11 Å². The molecule has 5 nitrogen and oxygen atoms in total. The number of likely N-dealkylation sites (tertiary alicyclic amines) is 1. The van der Waals surface area contributed by atoms with Crippen molar-refractivity contribution in [3.05, 3.63) is 0 Å². The Kier molecular flexibility index (Phi) is 2.80. The molecule has 14 heavy (non-hydrogen) atoms. The first-order valence-corrected chi connectivity index (χ1v) is 4.44. The van der Waals surface area contributed by atoms with Crippen molar-refractivity contribution in [2.75, 3.05) is 20.2 Å². The third-order valence-corrected chi connectivity index (χ3v) is 2.54. The summed E-state index contributed by atoms with van der Waals surface area (Å²) in [4.78, 5) is 23.6. The summed E-state index contributed by atoms with van der Waals surface area (Å²) in [6.45, 7) is 4.27. The Balaban J connectivity index is 2.67. The maximum atomic E-state index is 11.3. The number of nitrogens with zero attached hydrogens (tertiary/aromatic N) is 1. The Hall–Kier alpha value is -1.10. The molecule has 1 saturated heterocycles. The van der Waals surface area contributed by atoms with E-state index >= 15 is 0 Å². The van der Waals surface area contributed by atoms with Crippen LogP contribution in [0.2, 0.25) is 0 Å². The molecule has 0 spiro atoms. The van der Waals surface area contributed by atoms with Gasteiger partial charge in [0.2, 0.25) is 0 Å². The Morgan fingerprint density at radius 1 is 1.50 bits per heavy atom. The highest BCUT2D eigenvalue weighted by molar-refractivity contribution is 6.32. The molecule has 5 heteroatoms. The molecule has 0 radical (unpaired) electrons. The molecule has 0 aromatic carbocycles. The average Bonchev–Trinajstić information content (AvgIpc) is 2.39. The fourth-order valence-electron chi connectivity index (χ4n) is 1.49. The molecule has 0 aliphatic carbocycles. The summed E-state index contributed by atoms with van der Waals surface area (Å²) < 4.78 is 4.32. The molecule has 1 heterocycles. The topological polar surface area (TPSA) is 66.8 Å². The van der Waals surface area contributed by atoms with Gasteiger partial charge in [-0.3, -0.25) is 4.79 Å². The minimum absolute atomic E-state index is 0.195. The lowest BCUT2D eigenvalue weighted by atomic mass is 9.90. The van der Waals surface area contributed by atoms with Gasteiger partial charge in [-0.2, -0.15) is 0 Å². The van der Waals surface area contributed by atoms with Crippen LogP contribution in [-0.4, -0.2) is 48.2 Å². The zero-order chi connectivity index (χ0) is 10.9. The van der Waals surface area contributed by atoms with Gasteiger partial charge in [0.1, 0.15) is 0 Å². The summed E-state index contributed by atoms with van der Waals surface area (Å²) in [5.41, 5.74) is -0.357. The molecule has 1 atom stereocenters. The average molecular weight is 201 g/mol. The van der Waals surface area contributed by atoms with E-state index in [1.165, 1.54) is 4.90 Å². The van der Waals surface area contributed by atoms with Crippen LogP contribution in [0.4, 0.5) is 0 Å². The number of carbonyl (C=O) groups is 2. The minimum Gasteiger partial charge on any atom is -0.462 e. The van der Waals surface area contributed by atoms with Gasteiger partial charge in [-0.05, 0) is 0 Å². The van der Waals surface area contributed by atoms with Gasteiger partial charge in [-0.15, -0.1) is 0 Å². The Morgan fingerprint density at radius 2 is 2.07 bits per heavy atom. The third kappa shape index (κ3) is 1.87. The van der Waals surface area contributed by atoms with E-state index in [-0.39, 0.29) is 12.0 Å². The zero-order valence-electron chi connectivity index (χ0n) is 8.61. The summed E-state index contributed by atoms with van der Waals surface area (Å²) in [6, 6.07) is 0. The van der Waals surface area contributed by atoms with E-state index in [0.29, 0.717) is 6.54 Å². The van der Waals surface area contributed by atoms with E-state index in [1.807, 2.05) is 13.8 Å². The third-order valence-electron chi connectivity index (χ3n) is 2.54. The molecule has 1 N–H and O–H groups in total. The SMILES string of the molecule is COC(=O)C(=O)N1CC(O)C(C)(C)C1. The van der Waals surface area contributed by atoms with Gasteiger partial charge in [0.05, 0.1) is 13.2 Å². The van der Waals surface area contributed by atoms with Crippen molar-refractivity contribution < 1.29 is 19.4 Å². The second-order valence-electron chi connectivity index (χ2n) is 4.18. The molecular formula is C9H15NO4. The van der Waals surface area contributed by atoms with Crippen LogP contribution >= 0.6 is 0 Å². The first-order chi connectivity index (χ1) is 6.38. The quantitative estimate of drug-likeness (QED) is 0.419. The van der Waals surface area contributed by atoms with Crippen LogP contribution in [0.1, 0.15) is 13.8 Å². The molecule has 1 unspecified atom stereocenters. The molecule has 1 amide bonds.